The number of aryl methyl sites for hydroxylation is 1. The van der Waals surface area contributed by atoms with Gasteiger partial charge in [-0.15, -0.1) is 0 Å². The number of nitrogens with zero attached hydrogens (tertiary/aromatic N) is 2. The van der Waals surface area contributed by atoms with Gasteiger partial charge in [-0.25, -0.2) is 0 Å². The van der Waals surface area contributed by atoms with Gasteiger partial charge in [0.25, 0.3) is 5.91 Å². The van der Waals surface area contributed by atoms with E-state index in [9.17, 15) is 4.79 Å². The van der Waals surface area contributed by atoms with Gasteiger partial charge in [-0.05, 0) is 25.1 Å². The number of methoxy groups -OCH3 is 1. The van der Waals surface area contributed by atoms with Crippen molar-refractivity contribution in [2.24, 2.45) is 0 Å². The number of nitrogens with one attached hydrogen (secondary N) is 1. The molecule has 1 amide bonds. The number of hydrogen-bond donors (Lipinski definition) is 1. The lowest BCUT2D eigenvalue weighted by atomic mass is 10.1. The molecule has 0 saturated carbocycles. The first-order chi connectivity index (χ1) is 9.51. The first-order valence-electron chi connectivity index (χ1n) is 5.96. The minimum absolute atomic E-state index is 0.320. The second-order valence-corrected chi connectivity index (χ2v) is 4.65. The molecule has 20 heavy (non-hydrogen) atoms. The van der Waals surface area contributed by atoms with Gasteiger partial charge < -0.3 is 14.6 Å². The average molecular weight is 296 g/mol. The van der Waals surface area contributed by atoms with Crippen molar-refractivity contribution in [2.45, 2.75) is 19.9 Å². The largest absolute Gasteiger partial charge is 0.496 e. The Morgan fingerprint density at radius 2 is 2.25 bits per heavy atom. The lowest BCUT2D eigenvalue weighted by Gasteiger charge is -2.12. The number of carbonyl (C=O) groups is 1. The molecule has 0 saturated heterocycles. The van der Waals surface area contributed by atoms with Crippen LogP contribution in [0.3, 0.4) is 0 Å². The molecule has 1 heterocycles. The summed E-state index contributed by atoms with van der Waals surface area (Å²) >= 11 is 5.90. The van der Waals surface area contributed by atoms with E-state index in [1.165, 1.54) is 7.11 Å². The number of amides is 1. The molecule has 0 spiro atoms. The van der Waals surface area contributed by atoms with E-state index in [1.54, 1.807) is 32.0 Å². The molecular weight excluding hydrogens is 282 g/mol. The van der Waals surface area contributed by atoms with Crippen molar-refractivity contribution < 1.29 is 14.1 Å². The summed E-state index contributed by atoms with van der Waals surface area (Å²) in [5.74, 6) is 0.987. The minimum Gasteiger partial charge on any atom is -0.496 e. The van der Waals surface area contributed by atoms with Crippen LogP contribution in [-0.2, 0) is 0 Å². The first-order valence-corrected chi connectivity index (χ1v) is 6.33. The van der Waals surface area contributed by atoms with E-state index in [2.05, 4.69) is 15.5 Å². The molecule has 0 fully saturated rings. The van der Waals surface area contributed by atoms with Crippen LogP contribution in [0, 0.1) is 6.92 Å². The smallest absolute Gasteiger partial charge is 0.255 e. The molecule has 1 unspecified atom stereocenters. The van der Waals surface area contributed by atoms with Crippen molar-refractivity contribution >= 4 is 17.5 Å². The summed E-state index contributed by atoms with van der Waals surface area (Å²) in [7, 11) is 1.49. The third-order valence-corrected chi connectivity index (χ3v) is 2.92. The molecule has 0 aliphatic heterocycles. The monoisotopic (exact) mass is 295 g/mol. The van der Waals surface area contributed by atoms with Gasteiger partial charge in [-0.2, -0.15) is 4.98 Å². The molecule has 0 radical (unpaired) electrons. The number of rotatable bonds is 4. The van der Waals surface area contributed by atoms with E-state index in [0.29, 0.717) is 28.1 Å². The fourth-order valence-corrected chi connectivity index (χ4v) is 1.86. The van der Waals surface area contributed by atoms with Crippen LogP contribution in [0.15, 0.2) is 22.7 Å². The third kappa shape index (κ3) is 3.08. The zero-order valence-electron chi connectivity index (χ0n) is 11.3. The van der Waals surface area contributed by atoms with Crippen LogP contribution in [0.1, 0.15) is 35.0 Å². The SMILES string of the molecule is COc1ccc(Cl)cc1C(=O)NC(C)c1noc(C)n1. The Morgan fingerprint density at radius 1 is 1.50 bits per heavy atom. The maximum atomic E-state index is 12.2. The predicted molar refractivity (Wildman–Crippen MR) is 72.9 cm³/mol. The average Bonchev–Trinajstić information content (AvgIpc) is 2.85. The molecule has 106 valence electrons. The zero-order chi connectivity index (χ0) is 14.7. The number of hydrogen-bond acceptors (Lipinski definition) is 5. The Bertz CT molecular complexity index is 627. The molecule has 1 atom stereocenters. The Morgan fingerprint density at radius 3 is 2.85 bits per heavy atom. The number of aromatic nitrogens is 2. The van der Waals surface area contributed by atoms with Crippen molar-refractivity contribution in [2.75, 3.05) is 7.11 Å². The van der Waals surface area contributed by atoms with E-state index < -0.39 is 0 Å². The standard InChI is InChI=1S/C13H14ClN3O3/c1-7(12-16-8(2)20-17-12)15-13(18)10-6-9(14)4-5-11(10)19-3/h4-7H,1-3H3,(H,15,18). The topological polar surface area (TPSA) is 77.2 Å². The minimum atomic E-state index is -0.386. The lowest BCUT2D eigenvalue weighted by Crippen LogP contribution is -2.27. The van der Waals surface area contributed by atoms with Crippen molar-refractivity contribution in [3.63, 3.8) is 0 Å². The van der Waals surface area contributed by atoms with Gasteiger partial charge in [0.05, 0.1) is 18.7 Å². The van der Waals surface area contributed by atoms with Crippen molar-refractivity contribution in [3.8, 4) is 5.75 Å². The molecule has 1 aromatic carbocycles. The van der Waals surface area contributed by atoms with Crippen molar-refractivity contribution in [1.29, 1.82) is 0 Å². The van der Waals surface area contributed by atoms with E-state index in [4.69, 9.17) is 20.9 Å². The Kier molecular flexibility index (Phi) is 4.24. The van der Waals surface area contributed by atoms with Gasteiger partial charge in [0, 0.05) is 11.9 Å². The highest BCUT2D eigenvalue weighted by Crippen LogP contribution is 2.23. The Hall–Kier alpha value is -2.08. The fourth-order valence-electron chi connectivity index (χ4n) is 1.69. The lowest BCUT2D eigenvalue weighted by molar-refractivity contribution is 0.0935. The summed E-state index contributed by atoms with van der Waals surface area (Å²) in [4.78, 5) is 16.3. The van der Waals surface area contributed by atoms with Crippen LogP contribution in [0.2, 0.25) is 5.02 Å². The normalized spacial score (nSPS) is 12.0. The van der Waals surface area contributed by atoms with Gasteiger partial charge >= 0.3 is 0 Å². The number of benzene rings is 1. The molecule has 0 aliphatic carbocycles. The van der Waals surface area contributed by atoms with Crippen LogP contribution in [0.5, 0.6) is 5.75 Å². The van der Waals surface area contributed by atoms with Gasteiger partial charge in [0.15, 0.2) is 5.82 Å². The fraction of sp³-hybridized carbons (Fsp3) is 0.308. The molecule has 7 heteroatoms. The van der Waals surface area contributed by atoms with Crippen molar-refractivity contribution in [1.82, 2.24) is 15.5 Å². The second-order valence-electron chi connectivity index (χ2n) is 4.21. The highest BCUT2D eigenvalue weighted by Gasteiger charge is 2.18. The second kappa shape index (κ2) is 5.92. The number of halogens is 1. The highest BCUT2D eigenvalue weighted by molar-refractivity contribution is 6.31. The summed E-state index contributed by atoms with van der Waals surface area (Å²) in [6.45, 7) is 3.45. The van der Waals surface area contributed by atoms with Crippen molar-refractivity contribution in [3.05, 3.63) is 40.5 Å². The Balaban J connectivity index is 2.18. The molecule has 1 N–H and O–H groups in total. The van der Waals surface area contributed by atoms with Crippen LogP contribution in [0.4, 0.5) is 0 Å². The van der Waals surface area contributed by atoms with Crippen LogP contribution in [-0.4, -0.2) is 23.2 Å². The van der Waals surface area contributed by atoms with Gasteiger partial charge in [-0.3, -0.25) is 4.79 Å². The number of ether oxygens (including phenoxy) is 1. The van der Waals surface area contributed by atoms with Crippen LogP contribution < -0.4 is 10.1 Å². The summed E-state index contributed by atoms with van der Waals surface area (Å²) in [5.41, 5.74) is 0.354. The molecule has 0 bridgehead atoms. The molecular formula is C13H14ClN3O3. The summed E-state index contributed by atoms with van der Waals surface area (Å²) in [6, 6.07) is 4.46. The molecule has 6 nitrogen and oxygen atoms in total. The highest BCUT2D eigenvalue weighted by atomic mass is 35.5. The molecule has 2 rings (SSSR count). The molecule has 0 aliphatic rings. The maximum absolute atomic E-state index is 12.2. The van der Waals surface area contributed by atoms with Crippen LogP contribution in [0.25, 0.3) is 0 Å². The van der Waals surface area contributed by atoms with E-state index >= 15 is 0 Å². The zero-order valence-corrected chi connectivity index (χ0v) is 12.1. The van der Waals surface area contributed by atoms with Gasteiger partial charge in [0.2, 0.25) is 5.89 Å². The van der Waals surface area contributed by atoms with E-state index in [1.807, 2.05) is 0 Å². The summed E-state index contributed by atoms with van der Waals surface area (Å²) in [5, 5.41) is 6.99. The first kappa shape index (κ1) is 14.3. The van der Waals surface area contributed by atoms with E-state index in [0.717, 1.165) is 0 Å². The van der Waals surface area contributed by atoms with Gasteiger partial charge in [-0.1, -0.05) is 16.8 Å². The quantitative estimate of drug-likeness (QED) is 0.938. The summed E-state index contributed by atoms with van der Waals surface area (Å²) in [6.07, 6.45) is 0. The predicted octanol–water partition coefficient (Wildman–Crippen LogP) is 2.53. The third-order valence-electron chi connectivity index (χ3n) is 2.68. The molecule has 2 aromatic rings. The van der Waals surface area contributed by atoms with E-state index in [-0.39, 0.29) is 11.9 Å². The maximum Gasteiger partial charge on any atom is 0.255 e. The van der Waals surface area contributed by atoms with Crippen LogP contribution >= 0.6 is 11.6 Å². The summed E-state index contributed by atoms with van der Waals surface area (Å²) < 4.78 is 10.0. The number of carbonyl (C=O) groups excluding carboxylic acids is 1. The Labute approximate surface area is 121 Å². The van der Waals surface area contributed by atoms with Gasteiger partial charge in [0.1, 0.15) is 5.75 Å². The molecule has 1 aromatic heterocycles.